The van der Waals surface area contributed by atoms with Crippen molar-refractivity contribution in [3.8, 4) is 0 Å². The van der Waals surface area contributed by atoms with E-state index in [-0.39, 0.29) is 40.7 Å². The maximum Gasteiger partial charge on any atom is 0.243 e. The first-order valence-corrected chi connectivity index (χ1v) is 10.9. The number of hydrogen-bond donors (Lipinski definition) is 2. The van der Waals surface area contributed by atoms with Gasteiger partial charge in [0.1, 0.15) is 5.82 Å². The van der Waals surface area contributed by atoms with Crippen LogP contribution >= 0.6 is 24.0 Å². The monoisotopic (exact) mass is 548 g/mol. The molecule has 0 aliphatic rings. The van der Waals surface area contributed by atoms with Crippen molar-refractivity contribution in [2.75, 3.05) is 20.6 Å². The van der Waals surface area contributed by atoms with Gasteiger partial charge in [-0.2, -0.15) is 4.31 Å². The maximum absolute atomic E-state index is 13.7. The summed E-state index contributed by atoms with van der Waals surface area (Å²) in [6.07, 6.45) is 0.545. The highest BCUT2D eigenvalue weighted by atomic mass is 127. The summed E-state index contributed by atoms with van der Waals surface area (Å²) in [5.41, 5.74) is 1.58. The van der Waals surface area contributed by atoms with Crippen molar-refractivity contribution < 1.29 is 12.8 Å². The van der Waals surface area contributed by atoms with Gasteiger partial charge < -0.3 is 10.6 Å². The van der Waals surface area contributed by atoms with Gasteiger partial charge in [0.2, 0.25) is 10.0 Å². The highest BCUT2D eigenvalue weighted by Crippen LogP contribution is 2.17. The van der Waals surface area contributed by atoms with Gasteiger partial charge in [-0.1, -0.05) is 30.3 Å². The fraction of sp³-hybridized carbons (Fsp3) is 0.381. The summed E-state index contributed by atoms with van der Waals surface area (Å²) < 4.78 is 40.0. The first-order valence-electron chi connectivity index (χ1n) is 9.50. The number of halogens is 2. The van der Waals surface area contributed by atoms with Crippen molar-refractivity contribution in [1.29, 1.82) is 0 Å². The van der Waals surface area contributed by atoms with E-state index in [4.69, 9.17) is 0 Å². The molecule has 30 heavy (non-hydrogen) atoms. The minimum absolute atomic E-state index is 0. The normalized spacial score (nSPS) is 12.0. The third-order valence-corrected chi connectivity index (χ3v) is 6.70. The third kappa shape index (κ3) is 7.21. The number of benzene rings is 2. The standard InChI is InChI=1S/C21H29FN4O2S.HI/c1-16(2)26(4)29(27,28)19-11-9-17(10-12-19)15-25-21(23-3)24-14-13-18-7-5-6-8-20(18)22;/h5-12,16H,13-15H2,1-4H3,(H2,23,24,25);1H. The lowest BCUT2D eigenvalue weighted by molar-refractivity contribution is 0.410. The quantitative estimate of drug-likeness (QED) is 0.302. The molecule has 0 saturated heterocycles. The Kier molecular flexibility index (Phi) is 10.7. The second-order valence-electron chi connectivity index (χ2n) is 6.95. The van der Waals surface area contributed by atoms with Crippen molar-refractivity contribution in [2.45, 2.75) is 37.8 Å². The summed E-state index contributed by atoms with van der Waals surface area (Å²) in [6, 6.07) is 13.4. The number of guanidine groups is 1. The minimum atomic E-state index is -3.49. The molecule has 0 aliphatic heterocycles. The first-order chi connectivity index (χ1) is 13.8. The Balaban J connectivity index is 0.00000450. The zero-order valence-corrected chi connectivity index (χ0v) is 20.9. The molecule has 6 nitrogen and oxygen atoms in total. The van der Waals surface area contributed by atoms with E-state index >= 15 is 0 Å². The second kappa shape index (κ2) is 12.2. The van der Waals surface area contributed by atoms with E-state index in [1.807, 2.05) is 19.9 Å². The van der Waals surface area contributed by atoms with Crippen molar-refractivity contribution in [3.63, 3.8) is 0 Å². The molecule has 2 rings (SSSR count). The van der Waals surface area contributed by atoms with Gasteiger partial charge in [0.25, 0.3) is 0 Å². The van der Waals surface area contributed by atoms with Crippen LogP contribution in [0.5, 0.6) is 0 Å². The van der Waals surface area contributed by atoms with Gasteiger partial charge in [-0.3, -0.25) is 4.99 Å². The summed E-state index contributed by atoms with van der Waals surface area (Å²) >= 11 is 0. The molecule has 9 heteroatoms. The van der Waals surface area contributed by atoms with Crippen molar-refractivity contribution in [2.24, 2.45) is 4.99 Å². The van der Waals surface area contributed by atoms with E-state index < -0.39 is 10.0 Å². The summed E-state index contributed by atoms with van der Waals surface area (Å²) in [4.78, 5) is 4.42. The fourth-order valence-electron chi connectivity index (χ4n) is 2.65. The summed E-state index contributed by atoms with van der Waals surface area (Å²) in [6.45, 7) is 4.69. The predicted octanol–water partition coefficient (Wildman–Crippen LogP) is 3.38. The number of aliphatic imine (C=N–C) groups is 1. The van der Waals surface area contributed by atoms with Gasteiger partial charge in [-0.15, -0.1) is 24.0 Å². The average molecular weight is 548 g/mol. The van der Waals surface area contributed by atoms with Crippen LogP contribution < -0.4 is 10.6 Å². The van der Waals surface area contributed by atoms with Crippen LogP contribution in [0.2, 0.25) is 0 Å². The Hall–Kier alpha value is -1.72. The van der Waals surface area contributed by atoms with Crippen molar-refractivity contribution in [3.05, 3.63) is 65.5 Å². The molecule has 0 bridgehead atoms. The van der Waals surface area contributed by atoms with Crippen LogP contribution in [0.1, 0.15) is 25.0 Å². The summed E-state index contributed by atoms with van der Waals surface area (Å²) in [5.74, 6) is 0.382. The van der Waals surface area contributed by atoms with Crippen LogP contribution in [0.15, 0.2) is 58.4 Å². The van der Waals surface area contributed by atoms with Gasteiger partial charge in [-0.05, 0) is 49.6 Å². The summed E-state index contributed by atoms with van der Waals surface area (Å²) in [7, 11) is -0.248. The van der Waals surface area contributed by atoms with Crippen molar-refractivity contribution in [1.82, 2.24) is 14.9 Å². The van der Waals surface area contributed by atoms with E-state index in [2.05, 4.69) is 15.6 Å². The fourth-order valence-corrected chi connectivity index (χ4v) is 4.01. The van der Waals surface area contributed by atoms with E-state index in [0.29, 0.717) is 31.0 Å². The van der Waals surface area contributed by atoms with E-state index in [9.17, 15) is 12.8 Å². The molecule has 0 spiro atoms. The maximum atomic E-state index is 13.7. The highest BCUT2D eigenvalue weighted by molar-refractivity contribution is 14.0. The molecule has 0 unspecified atom stereocenters. The molecule has 0 saturated carbocycles. The molecular formula is C21H30FIN4O2S. The largest absolute Gasteiger partial charge is 0.356 e. The van der Waals surface area contributed by atoms with Crippen LogP contribution in [-0.4, -0.2) is 45.4 Å². The Morgan fingerprint density at radius 3 is 2.30 bits per heavy atom. The molecule has 0 amide bonds. The molecule has 2 aromatic rings. The molecule has 0 aliphatic carbocycles. The Labute approximate surface area is 196 Å². The minimum Gasteiger partial charge on any atom is -0.356 e. The topological polar surface area (TPSA) is 73.8 Å². The number of nitrogens with zero attached hydrogens (tertiary/aromatic N) is 2. The smallest absolute Gasteiger partial charge is 0.243 e. The highest BCUT2D eigenvalue weighted by Gasteiger charge is 2.22. The van der Waals surface area contributed by atoms with Crippen LogP contribution in [0.4, 0.5) is 4.39 Å². The number of rotatable bonds is 8. The van der Waals surface area contributed by atoms with E-state index in [1.54, 1.807) is 50.5 Å². The molecule has 0 atom stereocenters. The molecular weight excluding hydrogens is 518 g/mol. The average Bonchev–Trinajstić information content (AvgIpc) is 2.71. The molecule has 0 radical (unpaired) electrons. The Bertz CT molecular complexity index is 934. The lowest BCUT2D eigenvalue weighted by atomic mass is 10.1. The predicted molar refractivity (Wildman–Crippen MR) is 130 cm³/mol. The Morgan fingerprint density at radius 1 is 1.10 bits per heavy atom. The first kappa shape index (κ1) is 26.3. The van der Waals surface area contributed by atoms with E-state index in [0.717, 1.165) is 5.56 Å². The molecule has 2 N–H and O–H groups in total. The van der Waals surface area contributed by atoms with Crippen molar-refractivity contribution >= 4 is 40.0 Å². The lowest BCUT2D eigenvalue weighted by Crippen LogP contribution is -2.38. The molecule has 2 aromatic carbocycles. The summed E-state index contributed by atoms with van der Waals surface area (Å²) in [5, 5.41) is 6.32. The SMILES string of the molecule is CN=C(NCCc1ccccc1F)NCc1ccc(S(=O)(=O)N(C)C(C)C)cc1.I. The van der Waals surface area contributed by atoms with Crippen LogP contribution in [0, 0.1) is 5.82 Å². The zero-order valence-electron chi connectivity index (χ0n) is 17.7. The molecule has 0 aromatic heterocycles. The van der Waals surface area contributed by atoms with Gasteiger partial charge in [0.05, 0.1) is 4.90 Å². The van der Waals surface area contributed by atoms with Gasteiger partial charge >= 0.3 is 0 Å². The van der Waals surface area contributed by atoms with Crippen LogP contribution in [-0.2, 0) is 23.0 Å². The molecule has 0 fully saturated rings. The van der Waals surface area contributed by atoms with Gasteiger partial charge in [0, 0.05) is 33.2 Å². The molecule has 166 valence electrons. The lowest BCUT2D eigenvalue weighted by Gasteiger charge is -2.21. The van der Waals surface area contributed by atoms with E-state index in [1.165, 1.54) is 10.4 Å². The second-order valence-corrected chi connectivity index (χ2v) is 8.95. The van der Waals surface area contributed by atoms with Gasteiger partial charge in [-0.25, -0.2) is 12.8 Å². The number of sulfonamides is 1. The zero-order chi connectivity index (χ0) is 21.4. The van der Waals surface area contributed by atoms with Crippen LogP contribution in [0.3, 0.4) is 0 Å². The number of hydrogen-bond acceptors (Lipinski definition) is 3. The number of nitrogens with one attached hydrogen (secondary N) is 2. The van der Waals surface area contributed by atoms with Gasteiger partial charge in [0.15, 0.2) is 5.96 Å². The Morgan fingerprint density at radius 2 is 1.73 bits per heavy atom. The molecule has 0 heterocycles. The van der Waals surface area contributed by atoms with Crippen LogP contribution in [0.25, 0.3) is 0 Å². The third-order valence-electron chi connectivity index (χ3n) is 4.66.